The molecule has 0 unspecified atom stereocenters. The zero-order valence-electron chi connectivity index (χ0n) is 29.1. The Morgan fingerprint density at radius 3 is 1.20 bits per heavy atom. The van der Waals surface area contributed by atoms with Crippen LogP contribution in [0, 0.1) is 0 Å². The van der Waals surface area contributed by atoms with Gasteiger partial charge in [-0.1, -0.05) is 42.8 Å². The van der Waals surface area contributed by atoms with E-state index in [2.05, 4.69) is 65.5 Å². The average Bonchev–Trinajstić information content (AvgIpc) is 2.98. The van der Waals surface area contributed by atoms with Crippen molar-refractivity contribution in [1.82, 2.24) is 10.1 Å². The highest BCUT2D eigenvalue weighted by Crippen LogP contribution is 2.48. The number of piperidine rings is 2. The number of ether oxygens (including phenoxy) is 2. The van der Waals surface area contributed by atoms with Gasteiger partial charge in [0.15, 0.2) is 0 Å². The van der Waals surface area contributed by atoms with Crippen molar-refractivity contribution in [2.45, 2.75) is 153 Å². The standard InChI is InChI=1S/C38H54N2O6/c1-34(2)24-30(43-32(41)28-18-12-9-13-19-28)25-35(3,4)39(34)45-38(22-16-11-17-23-38)46-40-36(5,6)26-31(27-37(40,7)8)44-33(42)29-20-14-10-15-21-29/h9-10,12-15,18-21,30-31H,11,16-17,22-27H2,1-8H3. The van der Waals surface area contributed by atoms with Gasteiger partial charge in [0.1, 0.15) is 12.2 Å². The Morgan fingerprint density at radius 2 is 0.870 bits per heavy atom. The van der Waals surface area contributed by atoms with E-state index in [0.717, 1.165) is 32.1 Å². The highest BCUT2D eigenvalue weighted by Gasteiger charge is 2.55. The number of rotatable bonds is 8. The van der Waals surface area contributed by atoms with Crippen molar-refractivity contribution >= 4 is 11.9 Å². The second-order valence-corrected chi connectivity index (χ2v) is 16.1. The molecule has 5 rings (SSSR count). The highest BCUT2D eigenvalue weighted by molar-refractivity contribution is 5.89. The first-order chi connectivity index (χ1) is 21.5. The molecule has 3 fully saturated rings. The molecule has 0 aromatic heterocycles. The number of esters is 2. The molecule has 0 spiro atoms. The van der Waals surface area contributed by atoms with Gasteiger partial charge in [-0.15, -0.1) is 0 Å². The molecule has 2 aliphatic heterocycles. The molecule has 2 aromatic rings. The predicted molar refractivity (Wildman–Crippen MR) is 178 cm³/mol. The Hall–Kier alpha value is -2.78. The third-order valence-electron chi connectivity index (χ3n) is 9.81. The van der Waals surface area contributed by atoms with E-state index in [1.54, 1.807) is 24.3 Å². The summed E-state index contributed by atoms with van der Waals surface area (Å²) in [7, 11) is 0. The minimum atomic E-state index is -0.845. The van der Waals surface area contributed by atoms with Crippen LogP contribution in [0.25, 0.3) is 0 Å². The molecule has 0 N–H and O–H groups in total. The third-order valence-corrected chi connectivity index (χ3v) is 9.81. The number of carbonyl (C=O) groups is 2. The monoisotopic (exact) mass is 634 g/mol. The summed E-state index contributed by atoms with van der Waals surface area (Å²) in [6, 6.07) is 18.4. The lowest BCUT2D eigenvalue weighted by molar-refractivity contribution is -0.477. The number of hydrogen-bond donors (Lipinski definition) is 0. The maximum Gasteiger partial charge on any atom is 0.338 e. The molecule has 2 aromatic carbocycles. The van der Waals surface area contributed by atoms with Crippen LogP contribution in [0.15, 0.2) is 60.7 Å². The number of carbonyl (C=O) groups excluding carboxylic acids is 2. The van der Waals surface area contributed by atoms with Crippen LogP contribution in [0.5, 0.6) is 0 Å². The van der Waals surface area contributed by atoms with Gasteiger partial charge in [0.2, 0.25) is 5.79 Å². The molecule has 2 heterocycles. The first-order valence-corrected chi connectivity index (χ1v) is 17.0. The van der Waals surface area contributed by atoms with Crippen LogP contribution in [0.2, 0.25) is 0 Å². The largest absolute Gasteiger partial charge is 0.459 e. The number of benzene rings is 2. The maximum atomic E-state index is 13.0. The Labute approximate surface area is 275 Å². The molecule has 3 aliphatic rings. The van der Waals surface area contributed by atoms with E-state index < -0.39 is 27.9 Å². The van der Waals surface area contributed by atoms with E-state index in [-0.39, 0.29) is 24.1 Å². The van der Waals surface area contributed by atoms with Gasteiger partial charge in [0, 0.05) is 60.7 Å². The van der Waals surface area contributed by atoms with E-state index in [1.165, 1.54) is 0 Å². The Kier molecular flexibility index (Phi) is 9.78. The Morgan fingerprint density at radius 1 is 0.543 bits per heavy atom. The van der Waals surface area contributed by atoms with E-state index in [0.29, 0.717) is 36.8 Å². The number of hydrogen-bond acceptors (Lipinski definition) is 8. The summed E-state index contributed by atoms with van der Waals surface area (Å²) < 4.78 is 12.1. The van der Waals surface area contributed by atoms with Crippen LogP contribution >= 0.6 is 0 Å². The molecule has 0 radical (unpaired) electrons. The topological polar surface area (TPSA) is 77.5 Å². The lowest BCUT2D eigenvalue weighted by atomic mass is 9.80. The van der Waals surface area contributed by atoms with Gasteiger partial charge in [-0.2, -0.15) is 10.1 Å². The normalized spacial score (nSPS) is 24.6. The second-order valence-electron chi connectivity index (χ2n) is 16.1. The lowest BCUT2D eigenvalue weighted by Crippen LogP contribution is -2.68. The van der Waals surface area contributed by atoms with E-state index in [1.807, 2.05) is 36.4 Å². The van der Waals surface area contributed by atoms with Gasteiger partial charge in [-0.3, -0.25) is 9.68 Å². The summed E-state index contributed by atoms with van der Waals surface area (Å²) in [5, 5.41) is 4.26. The molecule has 1 saturated carbocycles. The molecule has 252 valence electrons. The van der Waals surface area contributed by atoms with Gasteiger partial charge in [0.25, 0.3) is 0 Å². The highest BCUT2D eigenvalue weighted by atomic mass is 16.9. The Balaban J connectivity index is 1.32. The first kappa shape index (κ1) is 34.6. The quantitative estimate of drug-likeness (QED) is 0.212. The van der Waals surface area contributed by atoms with Gasteiger partial charge in [0.05, 0.1) is 11.1 Å². The van der Waals surface area contributed by atoms with Crippen molar-refractivity contribution in [2.24, 2.45) is 0 Å². The van der Waals surface area contributed by atoms with Crippen molar-refractivity contribution in [3.05, 3.63) is 71.8 Å². The molecule has 0 bridgehead atoms. The summed E-state index contributed by atoms with van der Waals surface area (Å²) in [6.45, 7) is 17.3. The SMILES string of the molecule is CC1(C)CC(OC(=O)c2ccccc2)CC(C)(C)N1OC1(ON2C(C)(C)CC(OC(=O)c3ccccc3)CC2(C)C)CCCCC1. The smallest absolute Gasteiger partial charge is 0.338 e. The van der Waals surface area contributed by atoms with Gasteiger partial charge < -0.3 is 9.47 Å². The lowest BCUT2D eigenvalue weighted by Gasteiger charge is -2.59. The fourth-order valence-electron chi connectivity index (χ4n) is 8.21. The van der Waals surface area contributed by atoms with E-state index >= 15 is 0 Å². The van der Waals surface area contributed by atoms with Crippen molar-refractivity contribution in [3.8, 4) is 0 Å². The number of hydroxylamine groups is 4. The summed E-state index contributed by atoms with van der Waals surface area (Å²) >= 11 is 0. The minimum Gasteiger partial charge on any atom is -0.459 e. The first-order valence-electron chi connectivity index (χ1n) is 17.0. The average molecular weight is 635 g/mol. The van der Waals surface area contributed by atoms with Crippen LogP contribution in [0.1, 0.15) is 134 Å². The van der Waals surface area contributed by atoms with E-state index in [4.69, 9.17) is 19.1 Å². The van der Waals surface area contributed by atoms with Gasteiger partial charge in [-0.05, 0) is 92.5 Å². The molecule has 46 heavy (non-hydrogen) atoms. The van der Waals surface area contributed by atoms with Crippen molar-refractivity contribution in [3.63, 3.8) is 0 Å². The van der Waals surface area contributed by atoms with Crippen LogP contribution in [0.4, 0.5) is 0 Å². The molecular formula is C38H54N2O6. The van der Waals surface area contributed by atoms with Gasteiger partial charge in [-0.25, -0.2) is 9.59 Å². The number of nitrogens with zero attached hydrogens (tertiary/aromatic N) is 2. The van der Waals surface area contributed by atoms with Crippen LogP contribution in [0.3, 0.4) is 0 Å². The zero-order chi connectivity index (χ0) is 33.4. The molecule has 8 heteroatoms. The molecular weight excluding hydrogens is 580 g/mol. The molecule has 0 atom stereocenters. The molecule has 2 saturated heterocycles. The Bertz CT molecular complexity index is 1220. The minimum absolute atomic E-state index is 0.240. The molecule has 0 amide bonds. The van der Waals surface area contributed by atoms with Gasteiger partial charge >= 0.3 is 11.9 Å². The van der Waals surface area contributed by atoms with Crippen molar-refractivity contribution < 1.29 is 28.7 Å². The maximum absolute atomic E-state index is 13.0. The molecule has 8 nitrogen and oxygen atoms in total. The summed E-state index contributed by atoms with van der Waals surface area (Å²) in [4.78, 5) is 40.3. The van der Waals surface area contributed by atoms with E-state index in [9.17, 15) is 9.59 Å². The summed E-state index contributed by atoms with van der Waals surface area (Å²) in [5.74, 6) is -1.43. The summed E-state index contributed by atoms with van der Waals surface area (Å²) in [5.41, 5.74) is -0.589. The van der Waals surface area contributed by atoms with Crippen LogP contribution in [-0.2, 0) is 19.1 Å². The fraction of sp³-hybridized carbons (Fsp3) is 0.632. The van der Waals surface area contributed by atoms with Crippen molar-refractivity contribution in [2.75, 3.05) is 0 Å². The van der Waals surface area contributed by atoms with Crippen molar-refractivity contribution in [1.29, 1.82) is 0 Å². The summed E-state index contributed by atoms with van der Waals surface area (Å²) in [6.07, 6.45) is 6.79. The fourth-order valence-corrected chi connectivity index (χ4v) is 8.21. The molecule has 1 aliphatic carbocycles. The zero-order valence-corrected chi connectivity index (χ0v) is 29.1. The van der Waals surface area contributed by atoms with Crippen LogP contribution in [-0.4, -0.2) is 62.2 Å². The van der Waals surface area contributed by atoms with Crippen LogP contribution < -0.4 is 0 Å². The predicted octanol–water partition coefficient (Wildman–Crippen LogP) is 8.27. The third kappa shape index (κ3) is 7.67. The second kappa shape index (κ2) is 13.0.